The number of carbonyl (C=O) groups is 1. The van der Waals surface area contributed by atoms with Gasteiger partial charge in [0, 0.05) is 32.1 Å². The normalized spacial score (nSPS) is 26.8. The fourth-order valence-electron chi connectivity index (χ4n) is 3.87. The van der Waals surface area contributed by atoms with E-state index < -0.39 is 0 Å². The number of rotatable bonds is 5. The van der Waals surface area contributed by atoms with E-state index in [9.17, 15) is 9.90 Å². The van der Waals surface area contributed by atoms with Gasteiger partial charge >= 0.3 is 0 Å². The average molecular weight is 384 g/mol. The van der Waals surface area contributed by atoms with Crippen LogP contribution in [0.2, 0.25) is 0 Å². The zero-order valence-corrected chi connectivity index (χ0v) is 16.9. The summed E-state index contributed by atoms with van der Waals surface area (Å²) in [6.07, 6.45) is 3.96. The van der Waals surface area contributed by atoms with Crippen molar-refractivity contribution in [2.24, 2.45) is 11.8 Å². The first-order chi connectivity index (χ1) is 10.5. The molecular formula is C17H35Cl2N3O2. The lowest BCUT2D eigenvalue weighted by atomic mass is 9.91. The first-order valence-electron chi connectivity index (χ1n) is 8.84. The van der Waals surface area contributed by atoms with Gasteiger partial charge in [-0.2, -0.15) is 0 Å². The number of halogens is 2. The molecule has 2 N–H and O–H groups in total. The van der Waals surface area contributed by atoms with Gasteiger partial charge in [0.15, 0.2) is 0 Å². The third kappa shape index (κ3) is 7.44. The van der Waals surface area contributed by atoms with Crippen LogP contribution in [0, 0.1) is 11.8 Å². The summed E-state index contributed by atoms with van der Waals surface area (Å²) in [6.45, 7) is 8.72. The summed E-state index contributed by atoms with van der Waals surface area (Å²) in [5, 5.41) is 12.9. The van der Waals surface area contributed by atoms with Crippen molar-refractivity contribution in [3.63, 3.8) is 0 Å². The van der Waals surface area contributed by atoms with Crippen molar-refractivity contribution in [1.82, 2.24) is 15.1 Å². The van der Waals surface area contributed by atoms with Crippen LogP contribution in [0.4, 0.5) is 0 Å². The Hall–Kier alpha value is -0.0700. The smallest absolute Gasteiger partial charge is 0.225 e. The number of piperidine rings is 2. The van der Waals surface area contributed by atoms with Gasteiger partial charge in [0.25, 0.3) is 0 Å². The number of carbonyl (C=O) groups excluding carboxylic acids is 1. The van der Waals surface area contributed by atoms with Gasteiger partial charge in [-0.3, -0.25) is 4.79 Å². The highest BCUT2D eigenvalue weighted by atomic mass is 35.5. The van der Waals surface area contributed by atoms with Gasteiger partial charge in [-0.05, 0) is 65.1 Å². The summed E-state index contributed by atoms with van der Waals surface area (Å²) in [6, 6.07) is 0.458. The molecule has 0 spiro atoms. The van der Waals surface area contributed by atoms with Gasteiger partial charge < -0.3 is 20.2 Å². The number of aliphatic hydroxyl groups excluding tert-OH is 1. The van der Waals surface area contributed by atoms with Crippen molar-refractivity contribution in [3.8, 4) is 0 Å². The monoisotopic (exact) mass is 383 g/mol. The van der Waals surface area contributed by atoms with Gasteiger partial charge in [0.2, 0.25) is 5.91 Å². The maximum Gasteiger partial charge on any atom is 0.225 e. The van der Waals surface area contributed by atoms with Gasteiger partial charge in [0.1, 0.15) is 0 Å². The number of amides is 1. The summed E-state index contributed by atoms with van der Waals surface area (Å²) in [5.74, 6) is 1.15. The Bertz CT molecular complexity index is 364. The predicted molar refractivity (Wildman–Crippen MR) is 103 cm³/mol. The van der Waals surface area contributed by atoms with Crippen LogP contribution in [0.3, 0.4) is 0 Å². The van der Waals surface area contributed by atoms with E-state index in [-0.39, 0.29) is 36.8 Å². The highest BCUT2D eigenvalue weighted by Crippen LogP contribution is 2.22. The molecule has 0 saturated carbocycles. The quantitative estimate of drug-likeness (QED) is 0.759. The molecule has 0 aromatic rings. The molecule has 7 heteroatoms. The lowest BCUT2D eigenvalue weighted by Gasteiger charge is -2.36. The molecule has 0 aliphatic carbocycles. The average Bonchev–Trinajstić information content (AvgIpc) is 2.48. The highest BCUT2D eigenvalue weighted by Gasteiger charge is 2.29. The maximum atomic E-state index is 12.6. The second-order valence-corrected chi connectivity index (χ2v) is 7.39. The van der Waals surface area contributed by atoms with E-state index in [1.807, 2.05) is 18.9 Å². The Morgan fingerprint density at radius 1 is 1.29 bits per heavy atom. The predicted octanol–water partition coefficient (Wildman–Crippen LogP) is 1.77. The zero-order valence-electron chi connectivity index (χ0n) is 15.2. The Morgan fingerprint density at radius 2 is 1.92 bits per heavy atom. The fourth-order valence-corrected chi connectivity index (χ4v) is 3.87. The minimum Gasteiger partial charge on any atom is -0.392 e. The Kier molecular flexibility index (Phi) is 11.5. The van der Waals surface area contributed by atoms with E-state index in [0.29, 0.717) is 17.9 Å². The van der Waals surface area contributed by atoms with Gasteiger partial charge in [-0.25, -0.2) is 0 Å². The molecule has 0 bridgehead atoms. The number of nitrogens with zero attached hydrogens (tertiary/aromatic N) is 2. The van der Waals surface area contributed by atoms with Crippen LogP contribution < -0.4 is 5.32 Å². The third-order valence-corrected chi connectivity index (χ3v) is 5.11. The third-order valence-electron chi connectivity index (χ3n) is 5.11. The molecule has 2 rings (SSSR count). The van der Waals surface area contributed by atoms with Crippen LogP contribution in [0.25, 0.3) is 0 Å². The minimum absolute atomic E-state index is 0. The molecule has 2 aliphatic heterocycles. The SMILES string of the molecule is CC(O)CN1CCC(CN(C)C(=O)[C@H]2CCN[C@@H](C)C2)CC1.Cl.Cl. The summed E-state index contributed by atoms with van der Waals surface area (Å²) >= 11 is 0. The molecule has 3 atom stereocenters. The molecule has 2 heterocycles. The van der Waals surface area contributed by atoms with Gasteiger partial charge in [-0.1, -0.05) is 0 Å². The summed E-state index contributed by atoms with van der Waals surface area (Å²) in [5.41, 5.74) is 0. The molecule has 0 radical (unpaired) electrons. The second kappa shape index (κ2) is 11.5. The molecule has 2 fully saturated rings. The van der Waals surface area contributed by atoms with Crippen LogP contribution in [0.1, 0.15) is 39.5 Å². The van der Waals surface area contributed by atoms with Crippen LogP contribution in [0.15, 0.2) is 0 Å². The number of aliphatic hydroxyl groups is 1. The molecule has 1 amide bonds. The van der Waals surface area contributed by atoms with Crippen LogP contribution in [-0.4, -0.2) is 72.7 Å². The summed E-state index contributed by atoms with van der Waals surface area (Å²) < 4.78 is 0. The molecular weight excluding hydrogens is 349 g/mol. The molecule has 1 unspecified atom stereocenters. The van der Waals surface area contributed by atoms with E-state index in [1.165, 1.54) is 0 Å². The van der Waals surface area contributed by atoms with E-state index in [4.69, 9.17) is 0 Å². The Labute approximate surface area is 159 Å². The lowest BCUT2D eigenvalue weighted by Crippen LogP contribution is -2.45. The van der Waals surface area contributed by atoms with Gasteiger partial charge in [-0.15, -0.1) is 24.8 Å². The van der Waals surface area contributed by atoms with Gasteiger partial charge in [0.05, 0.1) is 6.10 Å². The largest absolute Gasteiger partial charge is 0.392 e. The molecule has 2 aliphatic rings. The number of nitrogens with one attached hydrogen (secondary N) is 1. The van der Waals surface area contributed by atoms with Crippen LogP contribution in [0.5, 0.6) is 0 Å². The molecule has 2 saturated heterocycles. The minimum atomic E-state index is -0.247. The van der Waals surface area contributed by atoms with E-state index in [1.54, 1.807) is 0 Å². The molecule has 144 valence electrons. The summed E-state index contributed by atoms with van der Waals surface area (Å²) in [4.78, 5) is 16.9. The lowest BCUT2D eigenvalue weighted by molar-refractivity contribution is -0.136. The van der Waals surface area contributed by atoms with E-state index in [2.05, 4.69) is 17.1 Å². The van der Waals surface area contributed by atoms with Crippen LogP contribution in [-0.2, 0) is 4.79 Å². The topological polar surface area (TPSA) is 55.8 Å². The zero-order chi connectivity index (χ0) is 16.1. The fraction of sp³-hybridized carbons (Fsp3) is 0.941. The Balaban J connectivity index is 0.00000264. The number of hydrogen-bond donors (Lipinski definition) is 2. The molecule has 0 aromatic heterocycles. The molecule has 5 nitrogen and oxygen atoms in total. The summed E-state index contributed by atoms with van der Waals surface area (Å²) in [7, 11) is 1.97. The first-order valence-corrected chi connectivity index (χ1v) is 8.84. The van der Waals surface area contributed by atoms with Crippen molar-refractivity contribution in [1.29, 1.82) is 0 Å². The van der Waals surface area contributed by atoms with Crippen molar-refractivity contribution < 1.29 is 9.90 Å². The van der Waals surface area contributed by atoms with E-state index in [0.717, 1.165) is 58.4 Å². The van der Waals surface area contributed by atoms with Crippen molar-refractivity contribution >= 4 is 30.7 Å². The van der Waals surface area contributed by atoms with Crippen molar-refractivity contribution in [3.05, 3.63) is 0 Å². The number of hydrogen-bond acceptors (Lipinski definition) is 4. The van der Waals surface area contributed by atoms with Crippen LogP contribution >= 0.6 is 24.8 Å². The van der Waals surface area contributed by atoms with E-state index >= 15 is 0 Å². The number of β-amino-alcohol motifs (C(OH)–C–C–N with tert-alkyl or cyclic N) is 1. The van der Waals surface area contributed by atoms with Crippen molar-refractivity contribution in [2.45, 2.75) is 51.7 Å². The number of likely N-dealkylation sites (tertiary alicyclic amines) is 1. The first kappa shape index (κ1) is 23.9. The Morgan fingerprint density at radius 3 is 2.46 bits per heavy atom. The molecule has 24 heavy (non-hydrogen) atoms. The maximum absolute atomic E-state index is 12.6. The highest BCUT2D eigenvalue weighted by molar-refractivity contribution is 5.85. The second-order valence-electron chi connectivity index (χ2n) is 7.39. The van der Waals surface area contributed by atoms with Crippen molar-refractivity contribution in [2.75, 3.05) is 39.8 Å². The standard InChI is InChI=1S/C17H33N3O2.2ClH/c1-13-10-16(4-7-18-13)17(22)19(3)12-15-5-8-20(9-6-15)11-14(2)21;;/h13-16,18,21H,4-12H2,1-3H3;2*1H/t13-,14?,16-;;/m0../s1. The molecule has 0 aromatic carbocycles.